The van der Waals surface area contributed by atoms with Gasteiger partial charge in [0.2, 0.25) is 0 Å². The first-order valence-electron chi connectivity index (χ1n) is 5.23. The smallest absolute Gasteiger partial charge is 0.320 e. The van der Waals surface area contributed by atoms with Crippen molar-refractivity contribution in [3.05, 3.63) is 29.8 Å². The lowest BCUT2D eigenvalue weighted by atomic mass is 10.1. The summed E-state index contributed by atoms with van der Waals surface area (Å²) in [5.74, 6) is -0.353. The SMILES string of the molecule is CC(=N)COc1ccc(CC(N)C(=O)O)cc1. The van der Waals surface area contributed by atoms with Crippen molar-refractivity contribution in [3.8, 4) is 5.75 Å². The number of benzene rings is 1. The fraction of sp³-hybridized carbons (Fsp3) is 0.333. The van der Waals surface area contributed by atoms with Crippen LogP contribution in [-0.2, 0) is 11.2 Å². The van der Waals surface area contributed by atoms with Gasteiger partial charge in [-0.1, -0.05) is 12.1 Å². The van der Waals surface area contributed by atoms with Crippen LogP contribution in [0.2, 0.25) is 0 Å². The molecule has 0 aromatic heterocycles. The van der Waals surface area contributed by atoms with E-state index in [-0.39, 0.29) is 6.61 Å². The van der Waals surface area contributed by atoms with Crippen LogP contribution in [0.3, 0.4) is 0 Å². The summed E-state index contributed by atoms with van der Waals surface area (Å²) >= 11 is 0. The van der Waals surface area contributed by atoms with Crippen molar-refractivity contribution in [2.75, 3.05) is 6.61 Å². The van der Waals surface area contributed by atoms with E-state index in [9.17, 15) is 4.79 Å². The largest absolute Gasteiger partial charge is 0.488 e. The number of nitrogens with two attached hydrogens (primary N) is 1. The molecule has 1 aromatic rings. The summed E-state index contributed by atoms with van der Waals surface area (Å²) in [6.07, 6.45) is 0.291. The van der Waals surface area contributed by atoms with Crippen LogP contribution in [0.25, 0.3) is 0 Å². The average molecular weight is 236 g/mol. The number of hydrogen-bond acceptors (Lipinski definition) is 4. The number of hydrogen-bond donors (Lipinski definition) is 3. The molecule has 0 spiro atoms. The highest BCUT2D eigenvalue weighted by atomic mass is 16.5. The molecule has 1 rings (SSSR count). The van der Waals surface area contributed by atoms with Crippen molar-refractivity contribution in [2.45, 2.75) is 19.4 Å². The number of nitrogens with one attached hydrogen (secondary N) is 1. The van der Waals surface area contributed by atoms with E-state index in [0.29, 0.717) is 17.9 Å². The fourth-order valence-corrected chi connectivity index (χ4v) is 1.25. The van der Waals surface area contributed by atoms with E-state index in [4.69, 9.17) is 21.0 Å². The minimum atomic E-state index is -1.01. The first-order chi connectivity index (χ1) is 7.99. The van der Waals surface area contributed by atoms with Gasteiger partial charge in [-0.05, 0) is 31.0 Å². The molecule has 5 nitrogen and oxygen atoms in total. The van der Waals surface area contributed by atoms with E-state index in [0.717, 1.165) is 5.56 Å². The third kappa shape index (κ3) is 4.65. The first-order valence-corrected chi connectivity index (χ1v) is 5.23. The van der Waals surface area contributed by atoms with Crippen molar-refractivity contribution in [1.82, 2.24) is 0 Å². The molecule has 92 valence electrons. The molecule has 1 aromatic carbocycles. The molecular weight excluding hydrogens is 220 g/mol. The van der Waals surface area contributed by atoms with Crippen LogP contribution in [0.15, 0.2) is 24.3 Å². The van der Waals surface area contributed by atoms with Crippen LogP contribution in [0.1, 0.15) is 12.5 Å². The second-order valence-corrected chi connectivity index (χ2v) is 3.86. The highest BCUT2D eigenvalue weighted by Gasteiger charge is 2.11. The maximum Gasteiger partial charge on any atom is 0.320 e. The van der Waals surface area contributed by atoms with Crippen LogP contribution in [0.5, 0.6) is 5.75 Å². The number of aliphatic carboxylic acids is 1. The average Bonchev–Trinajstić information content (AvgIpc) is 2.28. The summed E-state index contributed by atoms with van der Waals surface area (Å²) in [4.78, 5) is 10.6. The molecule has 0 aliphatic heterocycles. The van der Waals surface area contributed by atoms with E-state index >= 15 is 0 Å². The van der Waals surface area contributed by atoms with Gasteiger partial charge in [-0.15, -0.1) is 0 Å². The topological polar surface area (TPSA) is 96.4 Å². The Morgan fingerprint density at radius 3 is 2.53 bits per heavy atom. The number of carboxylic acids is 1. The molecule has 4 N–H and O–H groups in total. The Labute approximate surface area is 99.7 Å². The quantitative estimate of drug-likeness (QED) is 0.643. The van der Waals surface area contributed by atoms with Crippen LogP contribution in [-0.4, -0.2) is 29.4 Å². The molecule has 0 heterocycles. The summed E-state index contributed by atoms with van der Waals surface area (Å²) in [5, 5.41) is 15.9. The zero-order valence-corrected chi connectivity index (χ0v) is 9.64. The van der Waals surface area contributed by atoms with Gasteiger partial charge in [0.1, 0.15) is 18.4 Å². The molecule has 5 heteroatoms. The van der Waals surface area contributed by atoms with Gasteiger partial charge in [-0.3, -0.25) is 4.79 Å². The van der Waals surface area contributed by atoms with Crippen LogP contribution >= 0.6 is 0 Å². The normalized spacial score (nSPS) is 11.9. The zero-order chi connectivity index (χ0) is 12.8. The number of ether oxygens (including phenoxy) is 1. The van der Waals surface area contributed by atoms with Crippen molar-refractivity contribution >= 4 is 11.7 Å². The predicted molar refractivity (Wildman–Crippen MR) is 64.7 cm³/mol. The van der Waals surface area contributed by atoms with Crippen LogP contribution in [0, 0.1) is 5.41 Å². The van der Waals surface area contributed by atoms with Gasteiger partial charge in [-0.2, -0.15) is 0 Å². The predicted octanol–water partition coefficient (Wildman–Crippen LogP) is 1.06. The fourth-order valence-electron chi connectivity index (χ4n) is 1.25. The van der Waals surface area contributed by atoms with Crippen molar-refractivity contribution < 1.29 is 14.6 Å². The molecule has 0 saturated heterocycles. The molecular formula is C12H16N2O3. The molecule has 0 radical (unpaired) electrons. The molecule has 0 saturated carbocycles. The van der Waals surface area contributed by atoms with Gasteiger partial charge in [0.25, 0.3) is 0 Å². The van der Waals surface area contributed by atoms with E-state index in [1.165, 1.54) is 0 Å². The lowest BCUT2D eigenvalue weighted by molar-refractivity contribution is -0.138. The minimum Gasteiger partial charge on any atom is -0.488 e. The lowest BCUT2D eigenvalue weighted by Crippen LogP contribution is -2.32. The Bertz CT molecular complexity index is 401. The van der Waals surface area contributed by atoms with E-state index in [2.05, 4.69) is 0 Å². The monoisotopic (exact) mass is 236 g/mol. The molecule has 0 fully saturated rings. The van der Waals surface area contributed by atoms with Crippen LogP contribution in [0.4, 0.5) is 0 Å². The standard InChI is InChI=1S/C12H16N2O3/c1-8(13)7-17-10-4-2-9(3-5-10)6-11(14)12(15)16/h2-5,11,13H,6-7,14H2,1H3,(H,15,16). The summed E-state index contributed by atoms with van der Waals surface area (Å²) < 4.78 is 5.30. The van der Waals surface area contributed by atoms with E-state index in [1.54, 1.807) is 31.2 Å². The number of carbonyl (C=O) groups is 1. The highest BCUT2D eigenvalue weighted by Crippen LogP contribution is 2.13. The molecule has 0 aliphatic rings. The number of rotatable bonds is 6. The molecule has 0 aliphatic carbocycles. The Balaban J connectivity index is 2.55. The molecule has 1 atom stereocenters. The summed E-state index contributed by atoms with van der Waals surface area (Å²) in [6, 6.07) is 6.15. The van der Waals surface area contributed by atoms with Gasteiger partial charge >= 0.3 is 5.97 Å². The van der Waals surface area contributed by atoms with Crippen LogP contribution < -0.4 is 10.5 Å². The van der Waals surface area contributed by atoms with Gasteiger partial charge in [0, 0.05) is 5.71 Å². The Morgan fingerprint density at radius 2 is 2.06 bits per heavy atom. The molecule has 0 bridgehead atoms. The second kappa shape index (κ2) is 6.00. The van der Waals surface area contributed by atoms with Crippen molar-refractivity contribution in [1.29, 1.82) is 5.41 Å². The second-order valence-electron chi connectivity index (χ2n) is 3.86. The maximum absolute atomic E-state index is 10.6. The number of carboxylic acid groups (broad SMARTS) is 1. The summed E-state index contributed by atoms with van der Waals surface area (Å²) in [7, 11) is 0. The van der Waals surface area contributed by atoms with Crippen molar-refractivity contribution in [3.63, 3.8) is 0 Å². The zero-order valence-electron chi connectivity index (χ0n) is 9.64. The molecule has 0 amide bonds. The molecule has 1 unspecified atom stereocenters. The van der Waals surface area contributed by atoms with Gasteiger partial charge in [-0.25, -0.2) is 0 Å². The third-order valence-corrected chi connectivity index (χ3v) is 2.15. The van der Waals surface area contributed by atoms with Gasteiger partial charge in [0.15, 0.2) is 0 Å². The van der Waals surface area contributed by atoms with Gasteiger partial charge < -0.3 is 21.0 Å². The Hall–Kier alpha value is -1.88. The molecule has 17 heavy (non-hydrogen) atoms. The highest BCUT2D eigenvalue weighted by molar-refractivity contribution is 5.80. The Kier molecular flexibility index (Phi) is 4.66. The summed E-state index contributed by atoms with van der Waals surface area (Å²) in [6.45, 7) is 1.92. The first kappa shape index (κ1) is 13.2. The van der Waals surface area contributed by atoms with Gasteiger partial charge in [0.05, 0.1) is 0 Å². The minimum absolute atomic E-state index is 0.258. The van der Waals surface area contributed by atoms with E-state index in [1.807, 2.05) is 0 Å². The Morgan fingerprint density at radius 1 is 1.47 bits per heavy atom. The van der Waals surface area contributed by atoms with E-state index < -0.39 is 12.0 Å². The maximum atomic E-state index is 10.6. The summed E-state index contributed by atoms with van der Waals surface area (Å²) in [5.41, 5.74) is 6.72. The van der Waals surface area contributed by atoms with Crippen molar-refractivity contribution in [2.24, 2.45) is 5.73 Å². The third-order valence-electron chi connectivity index (χ3n) is 2.15. The lowest BCUT2D eigenvalue weighted by Gasteiger charge is -2.08.